The number of allylic oxidation sites excluding steroid dienone is 1. The van der Waals surface area contributed by atoms with Gasteiger partial charge in [-0.1, -0.05) is 42.5 Å². The SMILES string of the molecule is CCOS(=O)(=O)C1C(/C=C/c2ccccc2)C1(F)F. The lowest BCUT2D eigenvalue weighted by atomic mass is 10.2. The van der Waals surface area contributed by atoms with Gasteiger partial charge < -0.3 is 0 Å². The first kappa shape index (κ1) is 14.1. The molecular formula is C13H14F2O3S. The Morgan fingerprint density at radius 1 is 1.32 bits per heavy atom. The van der Waals surface area contributed by atoms with Gasteiger partial charge in [-0.15, -0.1) is 0 Å². The Morgan fingerprint density at radius 2 is 1.95 bits per heavy atom. The van der Waals surface area contributed by atoms with E-state index in [4.69, 9.17) is 0 Å². The van der Waals surface area contributed by atoms with Gasteiger partial charge in [0.1, 0.15) is 0 Å². The molecule has 0 heterocycles. The highest BCUT2D eigenvalue weighted by Gasteiger charge is 2.74. The van der Waals surface area contributed by atoms with Crippen LogP contribution in [-0.4, -0.2) is 26.2 Å². The predicted octanol–water partition coefficient (Wildman–Crippen LogP) is 2.70. The van der Waals surface area contributed by atoms with Gasteiger partial charge in [0.15, 0.2) is 5.25 Å². The van der Waals surface area contributed by atoms with Crippen LogP contribution in [0, 0.1) is 5.92 Å². The van der Waals surface area contributed by atoms with Crippen molar-refractivity contribution >= 4 is 16.2 Å². The second kappa shape index (κ2) is 5.02. The topological polar surface area (TPSA) is 43.4 Å². The van der Waals surface area contributed by atoms with Gasteiger partial charge in [-0.2, -0.15) is 8.42 Å². The van der Waals surface area contributed by atoms with Gasteiger partial charge in [0.25, 0.3) is 16.0 Å². The van der Waals surface area contributed by atoms with Crippen LogP contribution in [0.3, 0.4) is 0 Å². The Balaban J connectivity index is 2.13. The van der Waals surface area contributed by atoms with Crippen LogP contribution in [-0.2, 0) is 14.3 Å². The average molecular weight is 288 g/mol. The number of hydrogen-bond acceptors (Lipinski definition) is 3. The quantitative estimate of drug-likeness (QED) is 0.782. The number of hydrogen-bond donors (Lipinski definition) is 0. The summed E-state index contributed by atoms with van der Waals surface area (Å²) in [5.41, 5.74) is 0.748. The summed E-state index contributed by atoms with van der Waals surface area (Å²) in [4.78, 5) is 0. The maximum atomic E-state index is 13.5. The zero-order chi connectivity index (χ0) is 14.1. The third kappa shape index (κ3) is 2.84. The second-order valence-corrected chi connectivity index (χ2v) is 6.02. The molecule has 2 atom stereocenters. The Hall–Kier alpha value is -1.27. The monoisotopic (exact) mass is 288 g/mol. The van der Waals surface area contributed by atoms with E-state index < -0.39 is 27.2 Å². The average Bonchev–Trinajstić information content (AvgIpc) is 2.91. The largest absolute Gasteiger partial charge is 0.277 e. The number of rotatable bonds is 5. The summed E-state index contributed by atoms with van der Waals surface area (Å²) in [5.74, 6) is -4.57. The molecule has 1 fully saturated rings. The maximum absolute atomic E-state index is 13.5. The van der Waals surface area contributed by atoms with Crippen LogP contribution in [0.25, 0.3) is 6.08 Å². The Bertz CT molecular complexity index is 567. The lowest BCUT2D eigenvalue weighted by Crippen LogP contribution is -2.16. The summed E-state index contributed by atoms with van der Waals surface area (Å²) in [6.07, 6.45) is 2.73. The van der Waals surface area contributed by atoms with Gasteiger partial charge in [0.2, 0.25) is 0 Å². The second-order valence-electron chi connectivity index (χ2n) is 4.29. The molecule has 1 aliphatic carbocycles. The van der Waals surface area contributed by atoms with Gasteiger partial charge in [-0.05, 0) is 12.5 Å². The van der Waals surface area contributed by atoms with E-state index in [9.17, 15) is 17.2 Å². The highest BCUT2D eigenvalue weighted by Crippen LogP contribution is 2.54. The molecule has 0 N–H and O–H groups in total. The van der Waals surface area contributed by atoms with Gasteiger partial charge in [0.05, 0.1) is 12.5 Å². The minimum atomic E-state index is -4.20. The van der Waals surface area contributed by atoms with Crippen LogP contribution in [0.1, 0.15) is 12.5 Å². The van der Waals surface area contributed by atoms with Crippen LogP contribution in [0.5, 0.6) is 0 Å². The third-order valence-electron chi connectivity index (χ3n) is 2.93. The standard InChI is InChI=1S/C13H14F2O3S/c1-2-18-19(16,17)12-11(13(12,14)15)9-8-10-6-4-3-5-7-10/h3-9,11-12H,2H2,1H3/b9-8+. The molecule has 0 saturated heterocycles. The highest BCUT2D eigenvalue weighted by molar-refractivity contribution is 7.87. The van der Waals surface area contributed by atoms with Crippen LogP contribution >= 0.6 is 0 Å². The summed E-state index contributed by atoms with van der Waals surface area (Å²) in [6, 6.07) is 8.87. The molecule has 2 unspecified atom stereocenters. The molecule has 0 radical (unpaired) electrons. The van der Waals surface area contributed by atoms with E-state index in [0.29, 0.717) is 0 Å². The summed E-state index contributed by atoms with van der Waals surface area (Å²) in [7, 11) is -4.20. The van der Waals surface area contributed by atoms with Crippen LogP contribution in [0.2, 0.25) is 0 Å². The van der Waals surface area contributed by atoms with Gasteiger partial charge in [-0.25, -0.2) is 8.78 Å². The fourth-order valence-electron chi connectivity index (χ4n) is 1.94. The minimum absolute atomic E-state index is 0.135. The van der Waals surface area contributed by atoms with Crippen molar-refractivity contribution in [2.45, 2.75) is 18.1 Å². The van der Waals surface area contributed by atoms with Crippen molar-refractivity contribution in [3.8, 4) is 0 Å². The molecule has 6 heteroatoms. The van der Waals surface area contributed by atoms with E-state index in [-0.39, 0.29) is 6.61 Å². The molecule has 19 heavy (non-hydrogen) atoms. The third-order valence-corrected chi connectivity index (χ3v) is 4.72. The minimum Gasteiger partial charge on any atom is -0.270 e. The van der Waals surface area contributed by atoms with Gasteiger partial charge in [0, 0.05) is 0 Å². The summed E-state index contributed by atoms with van der Waals surface area (Å²) in [6.45, 7) is 1.32. The first-order valence-corrected chi connectivity index (χ1v) is 7.36. The van der Waals surface area contributed by atoms with Gasteiger partial charge >= 0.3 is 0 Å². The Kier molecular flexibility index (Phi) is 3.73. The predicted molar refractivity (Wildman–Crippen MR) is 68.2 cm³/mol. The van der Waals surface area contributed by atoms with Crippen molar-refractivity contribution in [3.05, 3.63) is 42.0 Å². The molecule has 1 saturated carbocycles. The normalized spacial score (nSPS) is 25.6. The molecule has 1 aliphatic rings. The van der Waals surface area contributed by atoms with Crippen LogP contribution in [0.4, 0.5) is 8.78 Å². The molecule has 0 amide bonds. The first-order chi connectivity index (χ1) is 8.89. The Morgan fingerprint density at radius 3 is 2.53 bits per heavy atom. The molecule has 0 aromatic heterocycles. The van der Waals surface area contributed by atoms with Crippen LogP contribution in [0.15, 0.2) is 36.4 Å². The van der Waals surface area contributed by atoms with E-state index >= 15 is 0 Å². The van der Waals surface area contributed by atoms with E-state index in [0.717, 1.165) is 5.56 Å². The Labute approximate surface area is 111 Å². The lowest BCUT2D eigenvalue weighted by Gasteiger charge is -2.00. The van der Waals surface area contributed by atoms with Crippen molar-refractivity contribution < 1.29 is 21.4 Å². The molecule has 3 nitrogen and oxygen atoms in total. The molecule has 0 bridgehead atoms. The fraction of sp³-hybridized carbons (Fsp3) is 0.385. The van der Waals surface area contributed by atoms with Crippen molar-refractivity contribution in [1.29, 1.82) is 0 Å². The smallest absolute Gasteiger partial charge is 0.270 e. The molecule has 1 aromatic rings. The van der Waals surface area contributed by atoms with Crippen molar-refractivity contribution in [1.82, 2.24) is 0 Å². The van der Waals surface area contributed by atoms with E-state index in [1.54, 1.807) is 24.3 Å². The zero-order valence-electron chi connectivity index (χ0n) is 10.3. The van der Waals surface area contributed by atoms with E-state index in [1.165, 1.54) is 19.1 Å². The molecule has 0 spiro atoms. The number of benzene rings is 1. The highest BCUT2D eigenvalue weighted by atomic mass is 32.2. The molecular weight excluding hydrogens is 274 g/mol. The molecule has 2 rings (SSSR count). The van der Waals surface area contributed by atoms with Gasteiger partial charge in [-0.3, -0.25) is 4.18 Å². The molecule has 0 aliphatic heterocycles. The fourth-order valence-corrected chi connectivity index (χ4v) is 3.51. The summed E-state index contributed by atoms with van der Waals surface area (Å²) in [5, 5.41) is -1.76. The summed E-state index contributed by atoms with van der Waals surface area (Å²) >= 11 is 0. The van der Waals surface area contributed by atoms with E-state index in [2.05, 4.69) is 4.18 Å². The van der Waals surface area contributed by atoms with Crippen molar-refractivity contribution in [2.75, 3.05) is 6.61 Å². The maximum Gasteiger partial charge on any atom is 0.277 e. The zero-order valence-corrected chi connectivity index (χ0v) is 11.1. The van der Waals surface area contributed by atoms with Crippen LogP contribution < -0.4 is 0 Å². The van der Waals surface area contributed by atoms with Crippen molar-refractivity contribution in [2.24, 2.45) is 5.92 Å². The molecule has 104 valence electrons. The number of halogens is 2. The van der Waals surface area contributed by atoms with E-state index in [1.807, 2.05) is 6.07 Å². The lowest BCUT2D eigenvalue weighted by molar-refractivity contribution is 0.107. The summed E-state index contributed by atoms with van der Waals surface area (Å²) < 4.78 is 54.4. The first-order valence-electron chi connectivity index (χ1n) is 5.89. The number of alkyl halides is 2. The molecule has 1 aromatic carbocycles. The van der Waals surface area contributed by atoms with Crippen molar-refractivity contribution in [3.63, 3.8) is 0 Å².